The summed E-state index contributed by atoms with van der Waals surface area (Å²) in [7, 11) is 0. The highest BCUT2D eigenvalue weighted by molar-refractivity contribution is 7.98. The lowest BCUT2D eigenvalue weighted by molar-refractivity contribution is -0.124. The molecule has 14 heavy (non-hydrogen) atoms. The van der Waals surface area contributed by atoms with Crippen LogP contribution in [-0.2, 0) is 4.79 Å². The summed E-state index contributed by atoms with van der Waals surface area (Å²) in [5.41, 5.74) is 0. The average molecular weight is 213 g/mol. The van der Waals surface area contributed by atoms with Crippen molar-refractivity contribution in [3.8, 4) is 0 Å². The second-order valence-corrected chi connectivity index (χ2v) is 5.49. The first-order chi connectivity index (χ1) is 6.72. The van der Waals surface area contributed by atoms with E-state index in [2.05, 4.69) is 18.1 Å². The fraction of sp³-hybridized carbons (Fsp3) is 0.909. The lowest BCUT2D eigenvalue weighted by Crippen LogP contribution is -2.48. The second kappa shape index (κ2) is 4.23. The zero-order valence-corrected chi connectivity index (χ0v) is 9.85. The van der Waals surface area contributed by atoms with Crippen molar-refractivity contribution >= 4 is 17.5 Å². The molecule has 3 atom stereocenters. The smallest absolute Gasteiger partial charge is 0.136 e. The zero-order chi connectivity index (χ0) is 10.1. The summed E-state index contributed by atoms with van der Waals surface area (Å²) in [6.07, 6.45) is 6.28. The van der Waals surface area contributed by atoms with Gasteiger partial charge >= 0.3 is 0 Å². The van der Waals surface area contributed by atoms with Crippen molar-refractivity contribution < 1.29 is 4.79 Å². The van der Waals surface area contributed by atoms with Crippen LogP contribution in [0.2, 0.25) is 0 Å². The molecule has 2 aliphatic rings. The van der Waals surface area contributed by atoms with E-state index in [9.17, 15) is 4.79 Å². The number of hydrogen-bond acceptors (Lipinski definition) is 3. The third-order valence-corrected chi connectivity index (χ3v) is 4.34. The molecule has 2 bridgehead atoms. The molecule has 3 heteroatoms. The molecule has 0 amide bonds. The Balaban J connectivity index is 2.03. The van der Waals surface area contributed by atoms with Gasteiger partial charge in [0.25, 0.3) is 0 Å². The van der Waals surface area contributed by atoms with E-state index in [-0.39, 0.29) is 0 Å². The fourth-order valence-corrected chi connectivity index (χ4v) is 3.71. The van der Waals surface area contributed by atoms with Crippen molar-refractivity contribution in [3.05, 3.63) is 0 Å². The number of fused-ring (bicyclic) bond motifs is 2. The van der Waals surface area contributed by atoms with E-state index in [0.717, 1.165) is 12.8 Å². The van der Waals surface area contributed by atoms with Gasteiger partial charge in [-0.05, 0) is 26.0 Å². The number of carbonyl (C=O) groups is 1. The maximum atomic E-state index is 11.4. The lowest BCUT2D eigenvalue weighted by Gasteiger charge is -2.38. The molecule has 2 heterocycles. The van der Waals surface area contributed by atoms with Crippen molar-refractivity contribution in [3.63, 3.8) is 0 Å². The van der Waals surface area contributed by atoms with Crippen molar-refractivity contribution in [2.75, 3.05) is 12.0 Å². The number of carbonyl (C=O) groups excluding carboxylic acids is 1. The van der Waals surface area contributed by atoms with Crippen LogP contribution < -0.4 is 0 Å². The molecule has 0 aromatic rings. The van der Waals surface area contributed by atoms with Crippen LogP contribution in [0, 0.1) is 0 Å². The monoisotopic (exact) mass is 213 g/mol. The van der Waals surface area contributed by atoms with Crippen LogP contribution >= 0.6 is 11.8 Å². The van der Waals surface area contributed by atoms with Gasteiger partial charge in [0.15, 0.2) is 0 Å². The van der Waals surface area contributed by atoms with Crippen LogP contribution in [0.25, 0.3) is 0 Å². The van der Waals surface area contributed by atoms with Gasteiger partial charge in [-0.2, -0.15) is 11.8 Å². The summed E-state index contributed by atoms with van der Waals surface area (Å²) in [4.78, 5) is 14.0. The fourth-order valence-electron chi connectivity index (χ4n) is 3.05. The van der Waals surface area contributed by atoms with Gasteiger partial charge in [0.05, 0.1) is 0 Å². The standard InChI is InChI=1S/C11H19NOS/c1-8(7-14-2)12-9-3-4-10(12)6-11(13)5-9/h8-10H,3-7H2,1-2H3. The normalized spacial score (nSPS) is 34.9. The number of Topliss-reactive ketones (excluding diaryl/α,β-unsaturated/α-hetero) is 1. The summed E-state index contributed by atoms with van der Waals surface area (Å²) < 4.78 is 0. The predicted octanol–water partition coefficient (Wildman–Crippen LogP) is 1.93. The summed E-state index contributed by atoms with van der Waals surface area (Å²) in [6.45, 7) is 2.30. The molecule has 2 fully saturated rings. The largest absolute Gasteiger partial charge is 0.300 e. The molecule has 0 aliphatic carbocycles. The Morgan fingerprint density at radius 2 is 2.00 bits per heavy atom. The number of hydrogen-bond donors (Lipinski definition) is 0. The van der Waals surface area contributed by atoms with Crippen LogP contribution in [0.3, 0.4) is 0 Å². The molecule has 2 rings (SSSR count). The Labute approximate surface area is 90.4 Å². The van der Waals surface area contributed by atoms with E-state index >= 15 is 0 Å². The van der Waals surface area contributed by atoms with Gasteiger partial charge in [0, 0.05) is 36.7 Å². The van der Waals surface area contributed by atoms with Gasteiger partial charge < -0.3 is 0 Å². The van der Waals surface area contributed by atoms with Crippen LogP contribution in [-0.4, -0.2) is 40.8 Å². The number of nitrogens with zero attached hydrogens (tertiary/aromatic N) is 1. The Morgan fingerprint density at radius 3 is 2.50 bits per heavy atom. The Hall–Kier alpha value is -0.0200. The Kier molecular flexibility index (Phi) is 3.17. The van der Waals surface area contributed by atoms with E-state index in [1.807, 2.05) is 11.8 Å². The minimum atomic E-state index is 0.491. The van der Waals surface area contributed by atoms with Gasteiger partial charge in [-0.15, -0.1) is 0 Å². The third kappa shape index (κ3) is 1.84. The number of ketones is 1. The highest BCUT2D eigenvalue weighted by Gasteiger charge is 2.41. The average Bonchev–Trinajstić information content (AvgIpc) is 2.39. The molecule has 0 radical (unpaired) electrons. The highest BCUT2D eigenvalue weighted by atomic mass is 32.2. The molecular weight excluding hydrogens is 194 g/mol. The van der Waals surface area contributed by atoms with E-state index in [1.54, 1.807) is 0 Å². The summed E-state index contributed by atoms with van der Waals surface area (Å²) in [6, 6.07) is 1.79. The molecule has 0 aromatic carbocycles. The third-order valence-electron chi connectivity index (χ3n) is 3.52. The van der Waals surface area contributed by atoms with Crippen LogP contribution in [0.15, 0.2) is 0 Å². The van der Waals surface area contributed by atoms with Crippen molar-refractivity contribution in [1.29, 1.82) is 0 Å². The van der Waals surface area contributed by atoms with Gasteiger partial charge in [-0.25, -0.2) is 0 Å². The van der Waals surface area contributed by atoms with E-state index in [4.69, 9.17) is 0 Å². The minimum Gasteiger partial charge on any atom is -0.300 e. The Morgan fingerprint density at radius 1 is 1.43 bits per heavy atom. The first-order valence-corrected chi connectivity index (χ1v) is 6.90. The summed E-state index contributed by atoms with van der Waals surface area (Å²) in [5, 5.41) is 0. The van der Waals surface area contributed by atoms with Gasteiger partial charge in [-0.1, -0.05) is 0 Å². The van der Waals surface area contributed by atoms with Crippen LogP contribution in [0.1, 0.15) is 32.6 Å². The zero-order valence-electron chi connectivity index (χ0n) is 9.03. The lowest BCUT2D eigenvalue weighted by atomic mass is 10.00. The quantitative estimate of drug-likeness (QED) is 0.714. The van der Waals surface area contributed by atoms with Crippen molar-refractivity contribution in [2.24, 2.45) is 0 Å². The number of thioether (sulfide) groups is 1. The van der Waals surface area contributed by atoms with Crippen molar-refractivity contribution in [2.45, 2.75) is 50.7 Å². The second-order valence-electron chi connectivity index (χ2n) is 4.58. The summed E-state index contributed by atoms with van der Waals surface area (Å²) in [5.74, 6) is 1.69. The maximum Gasteiger partial charge on any atom is 0.136 e. The van der Waals surface area contributed by atoms with Crippen molar-refractivity contribution in [1.82, 2.24) is 4.90 Å². The predicted molar refractivity (Wildman–Crippen MR) is 60.7 cm³/mol. The SMILES string of the molecule is CSCC(C)N1C2CCC1CC(=O)C2. The van der Waals surface area contributed by atoms with E-state index in [1.165, 1.54) is 18.6 Å². The van der Waals surface area contributed by atoms with Gasteiger partial charge in [0.1, 0.15) is 5.78 Å². The van der Waals surface area contributed by atoms with Crippen LogP contribution in [0.5, 0.6) is 0 Å². The molecule has 0 N–H and O–H groups in total. The Bertz CT molecular complexity index is 215. The first kappa shape index (κ1) is 10.5. The molecule has 3 unspecified atom stereocenters. The molecule has 80 valence electrons. The number of rotatable bonds is 3. The van der Waals surface area contributed by atoms with Gasteiger partial charge in [-0.3, -0.25) is 9.69 Å². The molecule has 0 spiro atoms. The maximum absolute atomic E-state index is 11.4. The molecule has 2 saturated heterocycles. The first-order valence-electron chi connectivity index (χ1n) is 5.50. The van der Waals surface area contributed by atoms with Crippen LogP contribution in [0.4, 0.5) is 0 Å². The molecule has 2 aliphatic heterocycles. The van der Waals surface area contributed by atoms with Gasteiger partial charge in [0.2, 0.25) is 0 Å². The highest BCUT2D eigenvalue weighted by Crippen LogP contribution is 2.35. The molecule has 0 saturated carbocycles. The van der Waals surface area contributed by atoms with E-state index < -0.39 is 0 Å². The molecule has 2 nitrogen and oxygen atoms in total. The summed E-state index contributed by atoms with van der Waals surface area (Å²) >= 11 is 1.91. The minimum absolute atomic E-state index is 0.491. The number of piperidine rings is 1. The topological polar surface area (TPSA) is 20.3 Å². The van der Waals surface area contributed by atoms with E-state index in [0.29, 0.717) is 23.9 Å². The molecular formula is C11H19NOS. The molecule has 0 aromatic heterocycles.